The Morgan fingerprint density at radius 1 is 1.21 bits per heavy atom. The molecule has 2 atom stereocenters. The fourth-order valence-corrected chi connectivity index (χ4v) is 5.25. The lowest BCUT2D eigenvalue weighted by atomic mass is 9.96. The molecule has 2 saturated heterocycles. The molecule has 6 rings (SSSR count). The fraction of sp³-hybridized carbons (Fsp3) is 0.545. The van der Waals surface area contributed by atoms with Gasteiger partial charge in [0.05, 0.1) is 36.7 Å². The van der Waals surface area contributed by atoms with E-state index in [9.17, 15) is 13.6 Å². The fourth-order valence-electron chi connectivity index (χ4n) is 5.25. The summed E-state index contributed by atoms with van der Waals surface area (Å²) in [6, 6.07) is 2.23. The minimum Gasteiger partial charge on any atom is -0.374 e. The van der Waals surface area contributed by atoms with Crippen LogP contribution >= 0.6 is 0 Å². The number of alkyl halides is 2. The molecule has 1 N–H and O–H groups in total. The molecule has 9 nitrogen and oxygen atoms in total. The van der Waals surface area contributed by atoms with E-state index >= 15 is 0 Å². The van der Waals surface area contributed by atoms with Gasteiger partial charge in [-0.3, -0.25) is 9.48 Å². The minimum absolute atomic E-state index is 0.0325. The molecule has 33 heavy (non-hydrogen) atoms. The highest BCUT2D eigenvalue weighted by atomic mass is 19.3. The van der Waals surface area contributed by atoms with E-state index in [1.54, 1.807) is 10.9 Å². The van der Waals surface area contributed by atoms with Gasteiger partial charge < -0.3 is 15.0 Å². The van der Waals surface area contributed by atoms with Crippen molar-refractivity contribution in [2.75, 3.05) is 23.4 Å². The van der Waals surface area contributed by atoms with Gasteiger partial charge >= 0.3 is 0 Å². The summed E-state index contributed by atoms with van der Waals surface area (Å²) in [5.74, 6) is 0.220. The van der Waals surface area contributed by atoms with Gasteiger partial charge in [0.15, 0.2) is 11.3 Å². The number of morpholine rings is 1. The van der Waals surface area contributed by atoms with Crippen molar-refractivity contribution in [1.82, 2.24) is 24.4 Å². The standard InChI is InChI=1S/C22H25F2N7O2/c23-20(24)19-17(11-31(28-19)13-4-2-1-3-5-13)26-22(32)16-9-25-30-7-6-18(27-21(16)30)29-10-15-8-14(29)12-33-15/h6-7,9,11,13-15,20H,1-5,8,10,12H2,(H,26,32). The van der Waals surface area contributed by atoms with E-state index in [0.29, 0.717) is 12.3 Å². The molecule has 5 heterocycles. The Bertz CT molecular complexity index is 1190. The molecule has 0 spiro atoms. The molecule has 3 aliphatic rings. The molecule has 1 aliphatic carbocycles. The number of carbonyl (C=O) groups excluding carboxylic acids is 1. The number of fused-ring (bicyclic) bond motifs is 3. The average molecular weight is 457 g/mol. The van der Waals surface area contributed by atoms with Crippen LogP contribution in [0, 0.1) is 0 Å². The van der Waals surface area contributed by atoms with Crippen molar-refractivity contribution in [3.8, 4) is 0 Å². The summed E-state index contributed by atoms with van der Waals surface area (Å²) in [4.78, 5) is 20.0. The summed E-state index contributed by atoms with van der Waals surface area (Å²) in [7, 11) is 0. The monoisotopic (exact) mass is 457 g/mol. The Kier molecular flexibility index (Phi) is 5.01. The van der Waals surface area contributed by atoms with Crippen molar-refractivity contribution >= 4 is 23.1 Å². The van der Waals surface area contributed by atoms with Crippen LogP contribution in [0.5, 0.6) is 0 Å². The molecule has 3 fully saturated rings. The molecule has 3 aromatic heterocycles. The van der Waals surface area contributed by atoms with Gasteiger partial charge in [-0.25, -0.2) is 18.3 Å². The third-order valence-corrected chi connectivity index (χ3v) is 6.96. The smallest absolute Gasteiger partial charge is 0.284 e. The van der Waals surface area contributed by atoms with Crippen LogP contribution in [-0.4, -0.2) is 55.6 Å². The Hall–Kier alpha value is -3.08. The highest BCUT2D eigenvalue weighted by Crippen LogP contribution is 2.34. The van der Waals surface area contributed by atoms with E-state index in [1.807, 2.05) is 6.07 Å². The molecule has 2 aliphatic heterocycles. The highest BCUT2D eigenvalue weighted by molar-refractivity contribution is 6.08. The molecule has 11 heteroatoms. The Morgan fingerprint density at radius 2 is 2.06 bits per heavy atom. The van der Waals surface area contributed by atoms with Gasteiger partial charge in [-0.15, -0.1) is 0 Å². The average Bonchev–Trinajstić information content (AvgIpc) is 3.61. The van der Waals surface area contributed by atoms with Crippen molar-refractivity contribution in [2.45, 2.75) is 63.1 Å². The molecule has 0 aromatic carbocycles. The van der Waals surface area contributed by atoms with Gasteiger partial charge in [-0.1, -0.05) is 19.3 Å². The second kappa shape index (κ2) is 8.05. The Labute approximate surface area is 188 Å². The Balaban J connectivity index is 1.28. The van der Waals surface area contributed by atoms with E-state index in [-0.39, 0.29) is 29.4 Å². The van der Waals surface area contributed by atoms with E-state index in [1.165, 1.54) is 16.9 Å². The zero-order valence-corrected chi connectivity index (χ0v) is 18.0. The van der Waals surface area contributed by atoms with Crippen molar-refractivity contribution in [1.29, 1.82) is 0 Å². The highest BCUT2D eigenvalue weighted by Gasteiger charge is 2.39. The summed E-state index contributed by atoms with van der Waals surface area (Å²) in [5.41, 5.74) is 0.229. The lowest BCUT2D eigenvalue weighted by Gasteiger charge is -2.27. The Morgan fingerprint density at radius 3 is 2.79 bits per heavy atom. The summed E-state index contributed by atoms with van der Waals surface area (Å²) in [6.45, 7) is 1.44. The van der Waals surface area contributed by atoms with E-state index in [4.69, 9.17) is 4.74 Å². The number of nitrogens with zero attached hydrogens (tertiary/aromatic N) is 6. The normalized spacial score (nSPS) is 23.2. The molecule has 1 saturated carbocycles. The second-order valence-corrected chi connectivity index (χ2v) is 9.06. The number of anilines is 2. The van der Waals surface area contributed by atoms with Crippen LogP contribution in [0.15, 0.2) is 24.7 Å². The first kappa shape index (κ1) is 20.5. The number of halogens is 2. The first-order valence-electron chi connectivity index (χ1n) is 11.5. The third kappa shape index (κ3) is 3.64. The number of amides is 1. The first-order valence-corrected chi connectivity index (χ1v) is 11.5. The van der Waals surface area contributed by atoms with Gasteiger partial charge in [0, 0.05) is 18.9 Å². The van der Waals surface area contributed by atoms with Crippen LogP contribution in [0.2, 0.25) is 0 Å². The lowest BCUT2D eigenvalue weighted by molar-refractivity contribution is 0.0988. The maximum Gasteiger partial charge on any atom is 0.284 e. The maximum atomic E-state index is 13.7. The predicted molar refractivity (Wildman–Crippen MR) is 116 cm³/mol. The van der Waals surface area contributed by atoms with Gasteiger partial charge in [0.2, 0.25) is 0 Å². The van der Waals surface area contributed by atoms with Crippen LogP contribution in [0.3, 0.4) is 0 Å². The molecular weight excluding hydrogens is 432 g/mol. The van der Waals surface area contributed by atoms with Crippen LogP contribution in [0.25, 0.3) is 5.65 Å². The third-order valence-electron chi connectivity index (χ3n) is 6.96. The maximum absolute atomic E-state index is 13.7. The lowest BCUT2D eigenvalue weighted by Crippen LogP contribution is -2.37. The van der Waals surface area contributed by atoms with E-state index in [0.717, 1.165) is 50.9 Å². The summed E-state index contributed by atoms with van der Waals surface area (Å²) in [5, 5.41) is 11.0. The minimum atomic E-state index is -2.79. The van der Waals surface area contributed by atoms with Crippen molar-refractivity contribution in [3.05, 3.63) is 35.9 Å². The van der Waals surface area contributed by atoms with Crippen LogP contribution in [0.4, 0.5) is 20.3 Å². The van der Waals surface area contributed by atoms with Gasteiger partial charge in [0.1, 0.15) is 11.4 Å². The summed E-state index contributed by atoms with van der Waals surface area (Å²) in [6.07, 6.45) is 8.17. The summed E-state index contributed by atoms with van der Waals surface area (Å²) < 4.78 is 36.1. The first-order chi connectivity index (χ1) is 16.1. The van der Waals surface area contributed by atoms with Crippen LogP contribution in [0.1, 0.15) is 67.0 Å². The predicted octanol–water partition coefficient (Wildman–Crippen LogP) is 3.60. The second-order valence-electron chi connectivity index (χ2n) is 9.06. The number of ether oxygens (including phenoxy) is 1. The number of rotatable bonds is 5. The van der Waals surface area contributed by atoms with Crippen LogP contribution in [-0.2, 0) is 4.74 Å². The number of hydrogen-bond donors (Lipinski definition) is 1. The van der Waals surface area contributed by atoms with Crippen molar-refractivity contribution in [3.63, 3.8) is 0 Å². The summed E-state index contributed by atoms with van der Waals surface area (Å²) >= 11 is 0. The molecule has 3 aromatic rings. The molecule has 1 amide bonds. The molecule has 2 bridgehead atoms. The van der Waals surface area contributed by atoms with Gasteiger partial charge in [-0.05, 0) is 25.3 Å². The van der Waals surface area contributed by atoms with Gasteiger partial charge in [0.25, 0.3) is 12.3 Å². The van der Waals surface area contributed by atoms with Crippen molar-refractivity contribution in [2.24, 2.45) is 0 Å². The molecular formula is C22H25F2N7O2. The number of hydrogen-bond acceptors (Lipinski definition) is 6. The number of aromatic nitrogens is 5. The van der Waals surface area contributed by atoms with Gasteiger partial charge in [-0.2, -0.15) is 10.2 Å². The van der Waals surface area contributed by atoms with Crippen molar-refractivity contribution < 1.29 is 18.3 Å². The van der Waals surface area contributed by atoms with E-state index < -0.39 is 18.0 Å². The molecule has 174 valence electrons. The topological polar surface area (TPSA) is 89.6 Å². The SMILES string of the molecule is O=C(Nc1cn(C2CCCCC2)nc1C(F)F)c1cnn2ccc(N3CC4CC3CO4)nc12. The molecule has 2 unspecified atom stereocenters. The largest absolute Gasteiger partial charge is 0.374 e. The zero-order chi connectivity index (χ0) is 22.5. The molecule has 0 radical (unpaired) electrons. The quantitative estimate of drug-likeness (QED) is 0.630. The number of carbonyl (C=O) groups is 1. The number of nitrogens with one attached hydrogen (secondary N) is 1. The van der Waals surface area contributed by atoms with E-state index in [2.05, 4.69) is 25.4 Å². The zero-order valence-electron chi connectivity index (χ0n) is 18.0. The van der Waals surface area contributed by atoms with Crippen LogP contribution < -0.4 is 10.2 Å².